The Morgan fingerprint density at radius 2 is 0.917 bits per heavy atom. The van der Waals surface area contributed by atoms with Crippen LogP contribution < -0.4 is 15.7 Å². The summed E-state index contributed by atoms with van der Waals surface area (Å²) < 4.78 is 29.7. The van der Waals surface area contributed by atoms with Crippen LogP contribution in [0.5, 0.6) is 0 Å². The molecule has 0 saturated heterocycles. The normalized spacial score (nSPS) is 31.0. The van der Waals surface area contributed by atoms with E-state index in [1.165, 1.54) is 138 Å². The molecule has 2 aromatic heterocycles. The van der Waals surface area contributed by atoms with Crippen LogP contribution >= 0.6 is 0 Å². The van der Waals surface area contributed by atoms with Crippen LogP contribution in [0.15, 0.2) is 48.3 Å². The van der Waals surface area contributed by atoms with Crippen molar-refractivity contribution in [3.8, 4) is 0 Å². The van der Waals surface area contributed by atoms with Gasteiger partial charge in [0.25, 0.3) is 0 Å². The van der Waals surface area contributed by atoms with Gasteiger partial charge in [-0.05, 0) is 297 Å². The smallest absolute Gasteiger partial charge is 0.419 e. The molecule has 2 aromatic rings. The van der Waals surface area contributed by atoms with Gasteiger partial charge in [0, 0.05) is 31.7 Å². The number of hydrogen-bond acceptors (Lipinski definition) is 15. The second-order valence-corrected chi connectivity index (χ2v) is 40.7. The number of rotatable bonds is 21. The maximum Gasteiger partial charge on any atom is 0.419 e. The summed E-state index contributed by atoms with van der Waals surface area (Å²) in [5.74, 6) is 9.72. The zero-order chi connectivity index (χ0) is 80.9. The number of amides is 2. The molecule has 616 valence electrons. The Balaban J connectivity index is 0.000000228. The molecule has 20 atom stereocenters. The predicted octanol–water partition coefficient (Wildman–Crippen LogP) is 19.6. The van der Waals surface area contributed by atoms with Gasteiger partial charge in [0.05, 0.1) is 29.5 Å². The van der Waals surface area contributed by atoms with Crippen molar-refractivity contribution in [3.63, 3.8) is 0 Å². The standard InChI is InChI=1S/C45H73N3O6.C29H50O.C16H25N3O6/c1-13-30(28(2)3)15-14-29(4)35-18-19-36-34-17-16-31-24-33(20-22-44(31,11)37(34)21-23-45(35,36)12)52-39(49)38(47-40(50)53-42(5,6)7)25-32-26-48(27-46-32)41(51)54-43(8,9)10;1-7-21(19(2)3)9-8-20(4)25-12-13-26-24-11-10-22-18-23(30)14-16-28(22,5)27(24)15-17-29(25,26)6;1-15(2,3)24-13(22)18-11(12(20)21)7-10-8-19(9-17-10)14(23)25-16(4,5)6/h16,26-30,33-38H,13-15,17-25H2,1-12H3,(H,47,50);10,19-21,23-27,30H,7-9,11-18H2,1-6H3;8-9,11H,7H2,1-6H3,(H,18,22)(H,20,21)/p-1/t29-,30-,33+,34?,35?,36?,37?,38?,44+,45-;20-,21-,23+,24?,25?,26?,27?,28+,29-;/m11./s1. The van der Waals surface area contributed by atoms with Gasteiger partial charge in [0.15, 0.2) is 0 Å². The number of allylic oxidation sites excluding steroid dienone is 2. The van der Waals surface area contributed by atoms with Gasteiger partial charge < -0.3 is 49.3 Å². The van der Waals surface area contributed by atoms with Crippen molar-refractivity contribution in [1.82, 2.24) is 29.7 Å². The zero-order valence-corrected chi connectivity index (χ0v) is 72.0. The van der Waals surface area contributed by atoms with Crippen molar-refractivity contribution in [2.75, 3.05) is 0 Å². The minimum absolute atomic E-state index is 0.0431. The Morgan fingerprint density at radius 3 is 1.31 bits per heavy atom. The first-order valence-electron chi connectivity index (χ1n) is 42.6. The number of carboxylic acids is 1. The fourth-order valence-electron chi connectivity index (χ4n) is 22.4. The van der Waals surface area contributed by atoms with Gasteiger partial charge in [0.2, 0.25) is 0 Å². The fourth-order valence-corrected chi connectivity index (χ4v) is 22.4. The molecule has 0 aromatic carbocycles. The van der Waals surface area contributed by atoms with Crippen LogP contribution in [0.4, 0.5) is 19.2 Å². The Kier molecular flexibility index (Phi) is 29.1. The minimum atomic E-state index is -1.49. The van der Waals surface area contributed by atoms with E-state index in [1.807, 2.05) is 0 Å². The summed E-state index contributed by atoms with van der Waals surface area (Å²) in [5.41, 5.74) is 2.48. The van der Waals surface area contributed by atoms with Gasteiger partial charge in [-0.25, -0.2) is 43.1 Å². The number of carbonyl (C=O) groups excluding carboxylic acids is 6. The molecule has 0 radical (unpaired) electrons. The summed E-state index contributed by atoms with van der Waals surface area (Å²) in [6, 6.07) is -2.39. The third-order valence-electron chi connectivity index (χ3n) is 28.1. The highest BCUT2D eigenvalue weighted by atomic mass is 16.6. The molecular weight excluding hydrogens is 1370 g/mol. The van der Waals surface area contributed by atoms with E-state index in [1.54, 1.807) is 88.7 Å². The Hall–Kier alpha value is -5.72. The number of aliphatic hydroxyl groups is 1. The highest BCUT2D eigenvalue weighted by Crippen LogP contribution is 2.69. The highest BCUT2D eigenvalue weighted by Gasteiger charge is 2.61. The van der Waals surface area contributed by atoms with Crippen molar-refractivity contribution in [2.24, 2.45) is 105 Å². The predicted molar refractivity (Wildman–Crippen MR) is 427 cm³/mol. The van der Waals surface area contributed by atoms with E-state index in [9.17, 15) is 39.0 Å². The Bertz CT molecular complexity index is 3470. The third kappa shape index (κ3) is 22.4. The van der Waals surface area contributed by atoms with E-state index in [2.05, 4.69) is 116 Å². The molecule has 3 N–H and O–H groups in total. The molecule has 19 nitrogen and oxygen atoms in total. The lowest BCUT2D eigenvalue weighted by Gasteiger charge is -2.58. The fraction of sp³-hybridized carbons (Fsp3) is 0.822. The number of aliphatic carboxylic acids is 1. The summed E-state index contributed by atoms with van der Waals surface area (Å²) in [6.45, 7) is 50.8. The number of imidazole rings is 2. The van der Waals surface area contributed by atoms with Crippen molar-refractivity contribution in [3.05, 3.63) is 59.7 Å². The first-order valence-corrected chi connectivity index (χ1v) is 42.6. The van der Waals surface area contributed by atoms with Gasteiger partial charge in [-0.15, -0.1) is 0 Å². The summed E-state index contributed by atoms with van der Waals surface area (Å²) >= 11 is 0. The van der Waals surface area contributed by atoms with Gasteiger partial charge >= 0.3 is 30.3 Å². The molecule has 8 aliphatic carbocycles. The molecule has 2 amide bonds. The number of hydrogen-bond donors (Lipinski definition) is 3. The molecule has 2 heterocycles. The first kappa shape index (κ1) is 88.8. The summed E-state index contributed by atoms with van der Waals surface area (Å²) in [4.78, 5) is 82.5. The number of nitrogens with zero attached hydrogens (tertiary/aromatic N) is 4. The number of ether oxygens (including phenoxy) is 5. The summed E-state index contributed by atoms with van der Waals surface area (Å²) in [5, 5.41) is 26.4. The summed E-state index contributed by atoms with van der Waals surface area (Å²) in [6.07, 6.45) is 34.9. The van der Waals surface area contributed by atoms with Crippen molar-refractivity contribution in [1.29, 1.82) is 0 Å². The van der Waals surface area contributed by atoms with Gasteiger partial charge in [-0.3, -0.25) is 0 Å². The molecule has 8 aliphatic rings. The van der Waals surface area contributed by atoms with Crippen LogP contribution in [0.3, 0.4) is 0 Å². The zero-order valence-electron chi connectivity index (χ0n) is 72.0. The van der Waals surface area contributed by atoms with Crippen LogP contribution in [0.25, 0.3) is 0 Å². The van der Waals surface area contributed by atoms with Crippen molar-refractivity contribution < 1.29 is 62.7 Å². The number of nitrogens with one attached hydrogen (secondary N) is 2. The summed E-state index contributed by atoms with van der Waals surface area (Å²) in [7, 11) is 0. The Labute approximate surface area is 656 Å². The maximum atomic E-state index is 13.9. The number of alkyl carbamates (subject to hydrolysis) is 2. The van der Waals surface area contributed by atoms with E-state index in [0.717, 1.165) is 120 Å². The number of fused-ring (bicyclic) bond motifs is 10. The van der Waals surface area contributed by atoms with E-state index in [4.69, 9.17) is 23.7 Å². The highest BCUT2D eigenvalue weighted by molar-refractivity contribution is 5.82. The van der Waals surface area contributed by atoms with Crippen LogP contribution in [0.2, 0.25) is 0 Å². The topological polar surface area (TPSA) is 252 Å². The van der Waals surface area contributed by atoms with E-state index in [-0.39, 0.29) is 36.2 Å². The number of aliphatic hydroxyl groups excluding tert-OH is 1. The minimum Gasteiger partial charge on any atom is -0.548 e. The molecule has 0 bridgehead atoms. The largest absolute Gasteiger partial charge is 0.548 e. The lowest BCUT2D eigenvalue weighted by Crippen LogP contribution is -2.51. The van der Waals surface area contributed by atoms with E-state index >= 15 is 0 Å². The van der Waals surface area contributed by atoms with Crippen LogP contribution in [-0.4, -0.2) is 107 Å². The molecular formula is C90H147N6O13-. The molecule has 10 rings (SSSR count). The Morgan fingerprint density at radius 1 is 0.523 bits per heavy atom. The quantitative estimate of drug-likeness (QED) is 0.0597. The van der Waals surface area contributed by atoms with Gasteiger partial charge in [-0.1, -0.05) is 132 Å². The SMILES string of the molecule is CC(C)(C)OC(=O)NC(Cc1cn(C(=O)OC(C)(C)C)cn1)C(=O)[O-].CC[C@H](CC[C@@H](C)C1CCC2C3CC=C4C[C@@H](O)CC[C@]4(C)C3CC[C@@]21C)C(C)C.CC[C@H](CC[C@@H](C)C1CCC2C3CC=C4C[C@@H](OC(=O)C(Cc5cn(C(=O)OC(C)(C)C)cn5)NC(=O)OC(C)(C)C)CC[C@]4(C)C3CC[C@@]21C)C(C)C. The van der Waals surface area contributed by atoms with E-state index < -0.39 is 70.8 Å². The second kappa shape index (κ2) is 35.8. The average molecular weight is 1520 g/mol. The van der Waals surface area contributed by atoms with Gasteiger partial charge in [-0.2, -0.15) is 0 Å². The third-order valence-corrected chi connectivity index (χ3v) is 28.1. The van der Waals surface area contributed by atoms with Crippen LogP contribution in [0.1, 0.15) is 319 Å². The van der Waals surface area contributed by atoms with Gasteiger partial charge in [0.1, 0.15) is 47.2 Å². The molecule has 109 heavy (non-hydrogen) atoms. The van der Waals surface area contributed by atoms with Crippen LogP contribution in [0, 0.1) is 105 Å². The molecule has 10 unspecified atom stereocenters. The lowest BCUT2D eigenvalue weighted by atomic mass is 9.47. The number of carbonyl (C=O) groups is 6. The molecule has 19 heteroatoms. The maximum absolute atomic E-state index is 13.9. The lowest BCUT2D eigenvalue weighted by molar-refractivity contribution is -0.308. The van der Waals surface area contributed by atoms with Crippen molar-refractivity contribution in [2.45, 2.75) is 367 Å². The monoisotopic (exact) mass is 1520 g/mol. The number of carboxylic acid groups (broad SMARTS) is 1. The molecule has 6 fully saturated rings. The average Bonchev–Trinajstić information content (AvgIpc) is 1.59. The molecule has 0 spiro atoms. The van der Waals surface area contributed by atoms with Crippen molar-refractivity contribution >= 4 is 36.3 Å². The molecule has 6 saturated carbocycles. The number of aromatic nitrogens is 4. The second-order valence-electron chi connectivity index (χ2n) is 40.7. The van der Waals surface area contributed by atoms with E-state index in [0.29, 0.717) is 27.9 Å². The number of esters is 1. The van der Waals surface area contributed by atoms with Crippen LogP contribution in [-0.2, 0) is 46.1 Å². The molecule has 0 aliphatic heterocycles. The first-order chi connectivity index (χ1) is 50.6.